The van der Waals surface area contributed by atoms with E-state index < -0.39 is 27.1 Å². The number of nitrogens with zero attached hydrogens (tertiary/aromatic N) is 5. The largest absolute Gasteiger partial charge is 0.368 e. The summed E-state index contributed by atoms with van der Waals surface area (Å²) in [5.41, 5.74) is 4.98. The second-order valence-electron chi connectivity index (χ2n) is 5.34. The number of nitrogen functional groups attached to an aromatic ring is 1. The number of hydrogen-bond acceptors (Lipinski definition) is 8. The van der Waals surface area contributed by atoms with Gasteiger partial charge in [0.15, 0.2) is 0 Å². The van der Waals surface area contributed by atoms with E-state index in [0.29, 0.717) is 0 Å². The maximum Gasteiger partial charge on any atom is 0.276 e. The van der Waals surface area contributed by atoms with Crippen molar-refractivity contribution in [3.05, 3.63) is 49.7 Å². The summed E-state index contributed by atoms with van der Waals surface area (Å²) in [6.07, 6.45) is 0. The molecule has 0 bridgehead atoms. The summed E-state index contributed by atoms with van der Waals surface area (Å²) in [6, 6.07) is 3.02. The van der Waals surface area contributed by atoms with Crippen LogP contribution in [0.25, 0.3) is 11.3 Å². The number of nitro benzene ring substituents is 2. The Bertz CT molecular complexity index is 863. The number of non-ortho nitro benzene ring substituents is 2. The van der Waals surface area contributed by atoms with Crippen LogP contribution in [0.5, 0.6) is 0 Å². The number of carbonyl (C=O) groups excluding carboxylic acids is 1. The van der Waals surface area contributed by atoms with Gasteiger partial charge in [-0.1, -0.05) is 0 Å². The van der Waals surface area contributed by atoms with Gasteiger partial charge in [0.2, 0.25) is 5.95 Å². The van der Waals surface area contributed by atoms with Gasteiger partial charge in [0.1, 0.15) is 0 Å². The van der Waals surface area contributed by atoms with Crippen LogP contribution in [-0.2, 0) is 0 Å². The van der Waals surface area contributed by atoms with E-state index in [0.717, 1.165) is 18.2 Å². The van der Waals surface area contributed by atoms with Crippen molar-refractivity contribution in [3.63, 3.8) is 0 Å². The number of aromatic nitrogens is 2. The van der Waals surface area contributed by atoms with Crippen LogP contribution in [0.3, 0.4) is 0 Å². The molecule has 0 aliphatic rings. The van der Waals surface area contributed by atoms with Crippen molar-refractivity contribution in [2.24, 2.45) is 0 Å². The van der Waals surface area contributed by atoms with Crippen LogP contribution in [0.4, 0.5) is 17.3 Å². The molecular weight excluding hydrogens is 332 g/mol. The summed E-state index contributed by atoms with van der Waals surface area (Å²) < 4.78 is 0. The van der Waals surface area contributed by atoms with Crippen LogP contribution in [0.15, 0.2) is 18.2 Å². The molecule has 130 valence electrons. The van der Waals surface area contributed by atoms with Crippen molar-refractivity contribution in [1.29, 1.82) is 0 Å². The minimum atomic E-state index is -0.763. The zero-order valence-electron chi connectivity index (χ0n) is 13.6. The maximum absolute atomic E-state index is 12.4. The molecule has 1 heterocycles. The van der Waals surface area contributed by atoms with E-state index in [4.69, 9.17) is 5.73 Å². The molecule has 0 saturated heterocycles. The molecule has 1 amide bonds. The standard InChI is InChI=1S/C14H14N6O5/c1-7-11(13(21)18(2)3)12(17-14(15)16-7)8-4-9(19(22)23)6-10(5-8)20(24)25/h4-6H,1-3H3,(H2,15,16,17). The summed E-state index contributed by atoms with van der Waals surface area (Å²) in [5, 5.41) is 22.1. The van der Waals surface area contributed by atoms with Crippen molar-refractivity contribution < 1.29 is 14.6 Å². The molecule has 11 nitrogen and oxygen atoms in total. The normalized spacial score (nSPS) is 10.4. The van der Waals surface area contributed by atoms with Gasteiger partial charge in [-0.15, -0.1) is 0 Å². The van der Waals surface area contributed by atoms with Gasteiger partial charge in [-0.05, 0) is 6.92 Å². The Morgan fingerprint density at radius 1 is 1.08 bits per heavy atom. The molecular formula is C14H14N6O5. The van der Waals surface area contributed by atoms with Crippen molar-refractivity contribution in [1.82, 2.24) is 14.9 Å². The Hall–Kier alpha value is -3.63. The van der Waals surface area contributed by atoms with Crippen molar-refractivity contribution in [2.75, 3.05) is 19.8 Å². The van der Waals surface area contributed by atoms with Gasteiger partial charge >= 0.3 is 0 Å². The number of hydrogen-bond donors (Lipinski definition) is 1. The van der Waals surface area contributed by atoms with E-state index in [1.165, 1.54) is 25.9 Å². The topological polar surface area (TPSA) is 158 Å². The minimum absolute atomic E-state index is 0.00417. The summed E-state index contributed by atoms with van der Waals surface area (Å²) >= 11 is 0. The lowest BCUT2D eigenvalue weighted by molar-refractivity contribution is -0.394. The summed E-state index contributed by atoms with van der Waals surface area (Å²) in [5.74, 6) is -0.612. The third-order valence-corrected chi connectivity index (χ3v) is 3.32. The number of carbonyl (C=O) groups is 1. The molecule has 1 aromatic carbocycles. The van der Waals surface area contributed by atoms with E-state index in [-0.39, 0.29) is 28.5 Å². The second kappa shape index (κ2) is 6.47. The molecule has 0 unspecified atom stereocenters. The fourth-order valence-corrected chi connectivity index (χ4v) is 2.23. The van der Waals surface area contributed by atoms with Gasteiger partial charge in [-0.25, -0.2) is 9.97 Å². The predicted octanol–water partition coefficient (Wildman–Crippen LogP) is 1.55. The molecule has 2 N–H and O–H groups in total. The highest BCUT2D eigenvalue weighted by Crippen LogP contribution is 2.32. The van der Waals surface area contributed by atoms with E-state index in [9.17, 15) is 25.0 Å². The quantitative estimate of drug-likeness (QED) is 0.644. The Morgan fingerprint density at radius 2 is 1.60 bits per heavy atom. The predicted molar refractivity (Wildman–Crippen MR) is 87.9 cm³/mol. The van der Waals surface area contributed by atoms with Crippen LogP contribution in [0.2, 0.25) is 0 Å². The van der Waals surface area contributed by atoms with Crippen molar-refractivity contribution in [3.8, 4) is 11.3 Å². The minimum Gasteiger partial charge on any atom is -0.368 e. The van der Waals surface area contributed by atoms with Gasteiger partial charge in [0.05, 0.1) is 32.9 Å². The van der Waals surface area contributed by atoms with E-state index >= 15 is 0 Å². The molecule has 0 aliphatic carbocycles. The second-order valence-corrected chi connectivity index (χ2v) is 5.34. The number of anilines is 1. The first-order chi connectivity index (χ1) is 11.6. The van der Waals surface area contributed by atoms with Crippen LogP contribution in [0, 0.1) is 27.2 Å². The Kier molecular flexibility index (Phi) is 4.59. The fraction of sp³-hybridized carbons (Fsp3) is 0.214. The number of amides is 1. The van der Waals surface area contributed by atoms with E-state index in [1.54, 1.807) is 0 Å². The number of nitrogens with two attached hydrogens (primary N) is 1. The smallest absolute Gasteiger partial charge is 0.276 e. The molecule has 0 aliphatic heterocycles. The lowest BCUT2D eigenvalue weighted by Crippen LogP contribution is -2.24. The molecule has 25 heavy (non-hydrogen) atoms. The van der Waals surface area contributed by atoms with Crippen LogP contribution in [-0.4, -0.2) is 44.7 Å². The molecule has 0 atom stereocenters. The molecule has 0 saturated carbocycles. The first-order valence-corrected chi connectivity index (χ1v) is 6.91. The summed E-state index contributed by atoms with van der Waals surface area (Å²) in [4.78, 5) is 42.2. The third kappa shape index (κ3) is 3.49. The average Bonchev–Trinajstić information content (AvgIpc) is 2.52. The Labute approximate surface area is 141 Å². The highest BCUT2D eigenvalue weighted by atomic mass is 16.6. The molecule has 2 aromatic rings. The molecule has 1 aromatic heterocycles. The van der Waals surface area contributed by atoms with Crippen molar-refractivity contribution in [2.45, 2.75) is 6.92 Å². The third-order valence-electron chi connectivity index (χ3n) is 3.32. The number of nitro groups is 2. The average molecular weight is 346 g/mol. The molecule has 0 radical (unpaired) electrons. The summed E-state index contributed by atoms with van der Waals surface area (Å²) in [6.45, 7) is 1.53. The number of aryl methyl sites for hydroxylation is 1. The molecule has 0 spiro atoms. The lowest BCUT2D eigenvalue weighted by atomic mass is 10.0. The van der Waals surface area contributed by atoms with Gasteiger partial charge in [0.25, 0.3) is 17.3 Å². The van der Waals surface area contributed by atoms with E-state index in [1.807, 2.05) is 0 Å². The highest BCUT2D eigenvalue weighted by Gasteiger charge is 2.24. The Balaban J connectivity index is 2.83. The van der Waals surface area contributed by atoms with Gasteiger partial charge in [0, 0.05) is 31.8 Å². The van der Waals surface area contributed by atoms with E-state index in [2.05, 4.69) is 9.97 Å². The van der Waals surface area contributed by atoms with Crippen LogP contribution < -0.4 is 5.73 Å². The number of benzene rings is 1. The summed E-state index contributed by atoms with van der Waals surface area (Å²) in [7, 11) is 3.02. The number of rotatable bonds is 4. The highest BCUT2D eigenvalue weighted by molar-refractivity contribution is 6.01. The lowest BCUT2D eigenvalue weighted by Gasteiger charge is -2.15. The van der Waals surface area contributed by atoms with Crippen LogP contribution in [0.1, 0.15) is 16.1 Å². The maximum atomic E-state index is 12.4. The van der Waals surface area contributed by atoms with Crippen molar-refractivity contribution >= 4 is 23.2 Å². The van der Waals surface area contributed by atoms with Gasteiger partial charge in [-0.3, -0.25) is 25.0 Å². The first kappa shape index (κ1) is 17.7. The Morgan fingerprint density at radius 3 is 2.04 bits per heavy atom. The molecule has 0 fully saturated rings. The zero-order chi connectivity index (χ0) is 18.9. The molecule has 2 rings (SSSR count). The zero-order valence-corrected chi connectivity index (χ0v) is 13.6. The van der Waals surface area contributed by atoms with Crippen LogP contribution >= 0.6 is 0 Å². The van der Waals surface area contributed by atoms with Gasteiger partial charge < -0.3 is 10.6 Å². The molecule has 11 heteroatoms. The monoisotopic (exact) mass is 346 g/mol. The SMILES string of the molecule is Cc1nc(N)nc(-c2cc([N+](=O)[O-])cc([N+](=O)[O-])c2)c1C(=O)N(C)C. The fourth-order valence-electron chi connectivity index (χ4n) is 2.23. The van der Waals surface area contributed by atoms with Gasteiger partial charge in [-0.2, -0.15) is 0 Å². The first-order valence-electron chi connectivity index (χ1n) is 6.91.